The molecule has 2 aromatic heterocycles. The van der Waals surface area contributed by atoms with Crippen LogP contribution in [-0.2, 0) is 4.79 Å². The highest BCUT2D eigenvalue weighted by Gasteiger charge is 2.20. The number of carbonyl (C=O) groups is 1. The molecule has 1 aliphatic heterocycles. The summed E-state index contributed by atoms with van der Waals surface area (Å²) in [6.45, 7) is 2.05. The molecule has 1 saturated heterocycles. The van der Waals surface area contributed by atoms with Crippen molar-refractivity contribution in [2.75, 3.05) is 29.1 Å². The molecule has 0 bridgehead atoms. The number of hydrogen-bond acceptors (Lipinski definition) is 6. The van der Waals surface area contributed by atoms with Crippen molar-refractivity contribution in [2.24, 2.45) is 0 Å². The van der Waals surface area contributed by atoms with Gasteiger partial charge in [-0.15, -0.1) is 10.2 Å². The van der Waals surface area contributed by atoms with Gasteiger partial charge in [0, 0.05) is 18.8 Å². The van der Waals surface area contributed by atoms with E-state index in [1.54, 1.807) is 6.26 Å². The van der Waals surface area contributed by atoms with Gasteiger partial charge in [-0.25, -0.2) is 0 Å². The van der Waals surface area contributed by atoms with Crippen LogP contribution in [0, 0.1) is 0 Å². The molecule has 162 valence electrons. The van der Waals surface area contributed by atoms with Gasteiger partial charge in [0.2, 0.25) is 11.7 Å². The van der Waals surface area contributed by atoms with Crippen LogP contribution in [-0.4, -0.2) is 39.5 Å². The van der Waals surface area contributed by atoms with Crippen molar-refractivity contribution >= 4 is 29.0 Å². The number of para-hydroxylation sites is 3. The third-order valence-electron chi connectivity index (χ3n) is 5.35. The Morgan fingerprint density at radius 3 is 2.53 bits per heavy atom. The third kappa shape index (κ3) is 4.27. The fourth-order valence-corrected chi connectivity index (χ4v) is 4.62. The average Bonchev–Trinajstić information content (AvgIpc) is 3.60. The van der Waals surface area contributed by atoms with E-state index in [1.165, 1.54) is 24.6 Å². The van der Waals surface area contributed by atoms with Crippen molar-refractivity contribution in [3.8, 4) is 17.3 Å². The number of rotatable bonds is 7. The lowest BCUT2D eigenvalue weighted by Crippen LogP contribution is -2.21. The summed E-state index contributed by atoms with van der Waals surface area (Å²) in [4.78, 5) is 15.1. The van der Waals surface area contributed by atoms with Crippen molar-refractivity contribution in [1.82, 2.24) is 14.8 Å². The summed E-state index contributed by atoms with van der Waals surface area (Å²) in [6.07, 6.45) is 3.98. The Morgan fingerprint density at radius 1 is 0.969 bits per heavy atom. The number of carbonyl (C=O) groups excluding carboxylic acids is 1. The monoisotopic (exact) mass is 445 g/mol. The van der Waals surface area contributed by atoms with Crippen LogP contribution < -0.4 is 10.2 Å². The first-order valence-electron chi connectivity index (χ1n) is 10.6. The standard InChI is InChI=1S/C24H23N5O2S/c30-22(25-19-11-4-5-12-20(19)28-14-6-7-15-28)17-32-24-27-26-23(21-13-8-16-31-21)29(24)18-9-2-1-3-10-18/h1-5,8-13,16H,6-7,14-15,17H2,(H,25,30). The van der Waals surface area contributed by atoms with Gasteiger partial charge in [0.15, 0.2) is 10.9 Å². The Bertz CT molecular complexity index is 1180. The zero-order valence-corrected chi connectivity index (χ0v) is 18.3. The van der Waals surface area contributed by atoms with Gasteiger partial charge >= 0.3 is 0 Å². The Balaban J connectivity index is 1.34. The molecule has 32 heavy (non-hydrogen) atoms. The molecule has 4 aromatic rings. The maximum Gasteiger partial charge on any atom is 0.234 e. The summed E-state index contributed by atoms with van der Waals surface area (Å²) in [5.74, 6) is 1.36. The third-order valence-corrected chi connectivity index (χ3v) is 6.28. The molecule has 0 saturated carbocycles. The SMILES string of the molecule is O=C(CSc1nnc(-c2ccco2)n1-c1ccccc1)Nc1ccccc1N1CCCC1. The van der Waals surface area contributed by atoms with E-state index in [4.69, 9.17) is 4.42 Å². The molecule has 0 unspecified atom stereocenters. The first-order chi connectivity index (χ1) is 15.8. The molecule has 1 N–H and O–H groups in total. The minimum Gasteiger partial charge on any atom is -0.461 e. The molecule has 3 heterocycles. The van der Waals surface area contributed by atoms with Gasteiger partial charge in [0.1, 0.15) is 0 Å². The number of nitrogens with zero attached hydrogens (tertiary/aromatic N) is 4. The molecule has 2 aromatic carbocycles. The maximum absolute atomic E-state index is 12.8. The molecule has 0 spiro atoms. The molecule has 0 radical (unpaired) electrons. The first-order valence-corrected chi connectivity index (χ1v) is 11.6. The number of thioether (sulfide) groups is 1. The van der Waals surface area contributed by atoms with E-state index in [2.05, 4.69) is 26.5 Å². The Hall–Kier alpha value is -3.52. The minimum absolute atomic E-state index is 0.0798. The number of amides is 1. The van der Waals surface area contributed by atoms with Gasteiger partial charge in [0.25, 0.3) is 0 Å². The van der Waals surface area contributed by atoms with Crippen LogP contribution in [0.2, 0.25) is 0 Å². The summed E-state index contributed by atoms with van der Waals surface area (Å²) >= 11 is 1.35. The first kappa shape index (κ1) is 20.4. The highest BCUT2D eigenvalue weighted by molar-refractivity contribution is 7.99. The normalized spacial score (nSPS) is 13.4. The average molecular weight is 446 g/mol. The molecule has 8 heteroatoms. The molecule has 1 aliphatic rings. The minimum atomic E-state index is -0.0798. The number of furan rings is 1. The van der Waals surface area contributed by atoms with Crippen LogP contribution in [0.15, 0.2) is 82.6 Å². The molecular weight excluding hydrogens is 422 g/mol. The fraction of sp³-hybridized carbons (Fsp3) is 0.208. The van der Waals surface area contributed by atoms with Gasteiger partial charge in [-0.3, -0.25) is 9.36 Å². The van der Waals surface area contributed by atoms with Gasteiger partial charge in [-0.2, -0.15) is 0 Å². The highest BCUT2D eigenvalue weighted by Crippen LogP contribution is 2.30. The maximum atomic E-state index is 12.8. The largest absolute Gasteiger partial charge is 0.461 e. The van der Waals surface area contributed by atoms with Gasteiger partial charge in [-0.1, -0.05) is 42.1 Å². The van der Waals surface area contributed by atoms with Crippen LogP contribution in [0.25, 0.3) is 17.3 Å². The van der Waals surface area contributed by atoms with Crippen molar-refractivity contribution in [2.45, 2.75) is 18.0 Å². The lowest BCUT2D eigenvalue weighted by Gasteiger charge is -2.21. The smallest absolute Gasteiger partial charge is 0.234 e. The highest BCUT2D eigenvalue weighted by atomic mass is 32.2. The Kier molecular flexibility index (Phi) is 5.93. The van der Waals surface area contributed by atoms with Crippen LogP contribution in [0.5, 0.6) is 0 Å². The van der Waals surface area contributed by atoms with Crippen LogP contribution >= 0.6 is 11.8 Å². The van der Waals surface area contributed by atoms with Gasteiger partial charge < -0.3 is 14.6 Å². The number of hydrogen-bond donors (Lipinski definition) is 1. The van der Waals surface area contributed by atoms with Crippen molar-refractivity contribution in [3.63, 3.8) is 0 Å². The molecule has 5 rings (SSSR count). The molecular formula is C24H23N5O2S. The second-order valence-corrected chi connectivity index (χ2v) is 8.45. The van der Waals surface area contributed by atoms with E-state index >= 15 is 0 Å². The molecule has 0 atom stereocenters. The topological polar surface area (TPSA) is 76.2 Å². The van der Waals surface area contributed by atoms with Crippen molar-refractivity contribution in [3.05, 3.63) is 73.0 Å². The van der Waals surface area contributed by atoms with Crippen LogP contribution in [0.3, 0.4) is 0 Å². The Labute approximate surface area is 190 Å². The van der Waals surface area contributed by atoms with E-state index in [0.29, 0.717) is 16.7 Å². The Morgan fingerprint density at radius 2 is 1.75 bits per heavy atom. The van der Waals surface area contributed by atoms with Gasteiger partial charge in [-0.05, 0) is 49.2 Å². The molecule has 7 nitrogen and oxygen atoms in total. The van der Waals surface area contributed by atoms with E-state index in [-0.39, 0.29) is 11.7 Å². The lowest BCUT2D eigenvalue weighted by atomic mass is 10.2. The number of aromatic nitrogens is 3. The number of anilines is 2. The molecule has 1 fully saturated rings. The number of nitrogens with one attached hydrogen (secondary N) is 1. The van der Waals surface area contributed by atoms with E-state index in [1.807, 2.05) is 65.2 Å². The predicted octanol–water partition coefficient (Wildman–Crippen LogP) is 4.86. The summed E-state index contributed by atoms with van der Waals surface area (Å²) in [5, 5.41) is 12.4. The zero-order valence-electron chi connectivity index (χ0n) is 17.5. The van der Waals surface area contributed by atoms with Crippen molar-refractivity contribution < 1.29 is 9.21 Å². The second kappa shape index (κ2) is 9.32. The van der Waals surface area contributed by atoms with E-state index < -0.39 is 0 Å². The van der Waals surface area contributed by atoms with Crippen LogP contribution in [0.4, 0.5) is 11.4 Å². The zero-order chi connectivity index (χ0) is 21.8. The quantitative estimate of drug-likeness (QED) is 0.410. The summed E-state index contributed by atoms with van der Waals surface area (Å²) < 4.78 is 7.46. The molecule has 0 aliphatic carbocycles. The summed E-state index contributed by atoms with van der Waals surface area (Å²) in [5.41, 5.74) is 2.84. The second-order valence-electron chi connectivity index (χ2n) is 7.50. The van der Waals surface area contributed by atoms with Gasteiger partial charge in [0.05, 0.1) is 23.4 Å². The van der Waals surface area contributed by atoms with Crippen LogP contribution in [0.1, 0.15) is 12.8 Å². The molecule has 1 amide bonds. The lowest BCUT2D eigenvalue weighted by molar-refractivity contribution is -0.113. The van der Waals surface area contributed by atoms with Crippen molar-refractivity contribution in [1.29, 1.82) is 0 Å². The van der Waals surface area contributed by atoms with E-state index in [0.717, 1.165) is 30.2 Å². The number of benzene rings is 2. The van der Waals surface area contributed by atoms with E-state index in [9.17, 15) is 4.79 Å². The predicted molar refractivity (Wildman–Crippen MR) is 126 cm³/mol. The summed E-state index contributed by atoms with van der Waals surface area (Å²) in [6, 6.07) is 21.5. The fourth-order valence-electron chi connectivity index (χ4n) is 3.87. The summed E-state index contributed by atoms with van der Waals surface area (Å²) in [7, 11) is 0.